The minimum Gasteiger partial charge on any atom is -0.423 e. The number of nitrogens with one attached hydrogen (secondary N) is 1. The number of benzene rings is 3. The van der Waals surface area contributed by atoms with Gasteiger partial charge in [-0.05, 0) is 30.2 Å². The van der Waals surface area contributed by atoms with Gasteiger partial charge in [0, 0.05) is 30.1 Å². The number of carbonyl (C=O) groups excluding carboxylic acids is 2. The van der Waals surface area contributed by atoms with Crippen LogP contribution in [0, 0.1) is 20.2 Å². The molecular formula is C25H17N3O9. The summed E-state index contributed by atoms with van der Waals surface area (Å²) in [5, 5.41) is 25.1. The lowest BCUT2D eigenvalue weighted by Crippen LogP contribution is -2.29. The van der Waals surface area contributed by atoms with E-state index in [9.17, 15) is 34.6 Å². The monoisotopic (exact) mass is 503 g/mol. The number of nitro benzene ring substituents is 2. The van der Waals surface area contributed by atoms with Gasteiger partial charge in [0.2, 0.25) is 0 Å². The minimum absolute atomic E-state index is 0.0150. The van der Waals surface area contributed by atoms with Crippen molar-refractivity contribution < 1.29 is 28.6 Å². The van der Waals surface area contributed by atoms with Crippen LogP contribution in [0.25, 0.3) is 11.0 Å². The zero-order valence-corrected chi connectivity index (χ0v) is 18.9. The van der Waals surface area contributed by atoms with E-state index in [1.165, 1.54) is 24.3 Å². The topological polar surface area (TPSA) is 172 Å². The number of nitrogens with zero attached hydrogens (tertiary/aromatic N) is 2. The van der Waals surface area contributed by atoms with Crippen LogP contribution in [0.3, 0.4) is 0 Å². The van der Waals surface area contributed by atoms with Gasteiger partial charge in [0.25, 0.3) is 17.3 Å². The van der Waals surface area contributed by atoms with Crippen LogP contribution in [0.1, 0.15) is 26.3 Å². The summed E-state index contributed by atoms with van der Waals surface area (Å²) in [6.45, 7) is 0.311. The third-order valence-electron chi connectivity index (χ3n) is 5.26. The summed E-state index contributed by atoms with van der Waals surface area (Å²) in [6, 6.07) is 17.3. The molecule has 0 radical (unpaired) electrons. The van der Waals surface area contributed by atoms with Crippen molar-refractivity contribution in [2.24, 2.45) is 0 Å². The van der Waals surface area contributed by atoms with E-state index in [0.29, 0.717) is 18.4 Å². The molecule has 1 amide bonds. The van der Waals surface area contributed by atoms with Gasteiger partial charge in [-0.25, -0.2) is 9.59 Å². The summed E-state index contributed by atoms with van der Waals surface area (Å²) in [6.07, 6.45) is 0.577. The minimum atomic E-state index is -1.09. The number of carbonyl (C=O) groups is 2. The first kappa shape index (κ1) is 24.7. The van der Waals surface area contributed by atoms with E-state index in [0.717, 1.165) is 23.8 Å². The number of ether oxygens (including phenoxy) is 1. The predicted octanol–water partition coefficient (Wildman–Crippen LogP) is 3.80. The van der Waals surface area contributed by atoms with Gasteiger partial charge in [0.05, 0.1) is 21.5 Å². The number of hydrogen-bond donors (Lipinski definition) is 1. The Labute approximate surface area is 207 Å². The Balaban J connectivity index is 1.51. The van der Waals surface area contributed by atoms with Gasteiger partial charge in [0.15, 0.2) is 0 Å². The molecule has 186 valence electrons. The number of hydrogen-bond acceptors (Lipinski definition) is 9. The second-order valence-corrected chi connectivity index (χ2v) is 7.78. The molecule has 3 aromatic carbocycles. The molecule has 37 heavy (non-hydrogen) atoms. The van der Waals surface area contributed by atoms with E-state index in [4.69, 9.17) is 9.15 Å². The molecule has 4 aromatic rings. The van der Waals surface area contributed by atoms with Crippen LogP contribution >= 0.6 is 0 Å². The third-order valence-corrected chi connectivity index (χ3v) is 5.26. The summed E-state index contributed by atoms with van der Waals surface area (Å²) in [4.78, 5) is 57.7. The zero-order chi connectivity index (χ0) is 26.5. The Morgan fingerprint density at radius 1 is 0.892 bits per heavy atom. The highest BCUT2D eigenvalue weighted by Gasteiger charge is 2.21. The van der Waals surface area contributed by atoms with E-state index >= 15 is 0 Å². The molecule has 0 unspecified atom stereocenters. The second-order valence-electron chi connectivity index (χ2n) is 7.78. The number of nitro groups is 2. The highest BCUT2D eigenvalue weighted by molar-refractivity contribution is 5.97. The molecule has 12 heteroatoms. The van der Waals surface area contributed by atoms with Gasteiger partial charge < -0.3 is 14.5 Å². The Morgan fingerprint density at radius 3 is 2.22 bits per heavy atom. The lowest BCUT2D eigenvalue weighted by Gasteiger charge is -2.07. The van der Waals surface area contributed by atoms with Crippen molar-refractivity contribution in [2.75, 3.05) is 6.54 Å². The van der Waals surface area contributed by atoms with Crippen LogP contribution < -0.4 is 15.7 Å². The van der Waals surface area contributed by atoms with E-state index < -0.39 is 44.3 Å². The SMILES string of the molecule is O=C(Oc1ccc2cc(C(=O)NCCc3ccccc3)c(=O)oc2c1)c1cc([N+](=O)[O-])cc([N+](=O)[O-])c1. The summed E-state index contributed by atoms with van der Waals surface area (Å²) < 4.78 is 10.4. The summed E-state index contributed by atoms with van der Waals surface area (Å²) >= 11 is 0. The smallest absolute Gasteiger partial charge is 0.349 e. The standard InChI is InChI=1S/C25H17N3O9/c29-23(26-9-8-15-4-2-1-3-5-15)21-12-16-6-7-20(14-22(16)37-25(21)31)36-24(30)17-10-18(27(32)33)13-19(11-17)28(34)35/h1-7,10-14H,8-9H2,(H,26,29). The van der Waals surface area contributed by atoms with Crippen molar-refractivity contribution in [1.82, 2.24) is 5.32 Å². The Morgan fingerprint density at radius 2 is 1.57 bits per heavy atom. The Kier molecular flexibility index (Phi) is 7.00. The molecule has 12 nitrogen and oxygen atoms in total. The van der Waals surface area contributed by atoms with Crippen molar-refractivity contribution in [1.29, 1.82) is 0 Å². The molecule has 0 saturated carbocycles. The zero-order valence-electron chi connectivity index (χ0n) is 18.9. The first-order valence-corrected chi connectivity index (χ1v) is 10.8. The molecule has 0 saturated heterocycles. The van der Waals surface area contributed by atoms with Crippen LogP contribution in [-0.4, -0.2) is 28.3 Å². The number of fused-ring (bicyclic) bond motifs is 1. The number of rotatable bonds is 8. The lowest BCUT2D eigenvalue weighted by atomic mass is 10.1. The van der Waals surface area contributed by atoms with Gasteiger partial charge in [-0.2, -0.15) is 0 Å². The van der Waals surface area contributed by atoms with Gasteiger partial charge in [0.1, 0.15) is 16.9 Å². The van der Waals surface area contributed by atoms with Crippen molar-refractivity contribution in [2.45, 2.75) is 6.42 Å². The molecule has 0 aliphatic heterocycles. The van der Waals surface area contributed by atoms with Crippen LogP contribution in [0.5, 0.6) is 5.75 Å². The molecule has 1 N–H and O–H groups in total. The van der Waals surface area contributed by atoms with Gasteiger partial charge >= 0.3 is 11.6 Å². The fraction of sp³-hybridized carbons (Fsp3) is 0.0800. The third kappa shape index (κ3) is 5.82. The van der Waals surface area contributed by atoms with Crippen LogP contribution in [0.15, 0.2) is 82.0 Å². The molecule has 0 aliphatic carbocycles. The molecule has 0 aliphatic rings. The fourth-order valence-corrected chi connectivity index (χ4v) is 3.46. The first-order valence-electron chi connectivity index (χ1n) is 10.8. The van der Waals surface area contributed by atoms with Gasteiger partial charge in [-0.3, -0.25) is 25.0 Å². The molecule has 1 heterocycles. The average Bonchev–Trinajstić information content (AvgIpc) is 2.88. The van der Waals surface area contributed by atoms with Gasteiger partial charge in [-0.1, -0.05) is 30.3 Å². The van der Waals surface area contributed by atoms with E-state index in [2.05, 4.69) is 5.32 Å². The highest BCUT2D eigenvalue weighted by Crippen LogP contribution is 2.25. The molecule has 4 rings (SSSR count). The maximum Gasteiger partial charge on any atom is 0.349 e. The van der Waals surface area contributed by atoms with E-state index in [-0.39, 0.29) is 16.9 Å². The second kappa shape index (κ2) is 10.5. The normalized spacial score (nSPS) is 10.6. The number of amides is 1. The fourth-order valence-electron chi connectivity index (χ4n) is 3.46. The van der Waals surface area contributed by atoms with Gasteiger partial charge in [-0.15, -0.1) is 0 Å². The van der Waals surface area contributed by atoms with E-state index in [1.807, 2.05) is 30.3 Å². The summed E-state index contributed by atoms with van der Waals surface area (Å²) in [5.41, 5.74) is -1.78. The molecule has 0 atom stereocenters. The summed E-state index contributed by atoms with van der Waals surface area (Å²) in [7, 11) is 0. The molecule has 1 aromatic heterocycles. The number of esters is 1. The molecule has 0 fully saturated rings. The lowest BCUT2D eigenvalue weighted by molar-refractivity contribution is -0.394. The predicted molar refractivity (Wildman–Crippen MR) is 130 cm³/mol. The van der Waals surface area contributed by atoms with Crippen LogP contribution in [-0.2, 0) is 6.42 Å². The molecular weight excluding hydrogens is 486 g/mol. The quantitative estimate of drug-likeness (QED) is 0.123. The average molecular weight is 503 g/mol. The van der Waals surface area contributed by atoms with E-state index in [1.54, 1.807) is 0 Å². The van der Waals surface area contributed by atoms with Crippen molar-refractivity contribution >= 4 is 34.2 Å². The Bertz CT molecular complexity index is 1560. The van der Waals surface area contributed by atoms with Crippen molar-refractivity contribution in [3.63, 3.8) is 0 Å². The van der Waals surface area contributed by atoms with Crippen molar-refractivity contribution in [3.05, 3.63) is 120 Å². The Hall–Kier alpha value is -5.39. The highest BCUT2D eigenvalue weighted by atomic mass is 16.6. The molecule has 0 spiro atoms. The van der Waals surface area contributed by atoms with Crippen LogP contribution in [0.2, 0.25) is 0 Å². The maximum absolute atomic E-state index is 12.5. The molecule has 0 bridgehead atoms. The first-order chi connectivity index (χ1) is 17.7. The van der Waals surface area contributed by atoms with Crippen LogP contribution in [0.4, 0.5) is 11.4 Å². The van der Waals surface area contributed by atoms with Crippen molar-refractivity contribution in [3.8, 4) is 5.75 Å². The maximum atomic E-state index is 12.5. The number of non-ortho nitro benzene ring substituents is 2. The summed E-state index contributed by atoms with van der Waals surface area (Å²) in [5.74, 6) is -1.79. The largest absolute Gasteiger partial charge is 0.423 e.